The summed E-state index contributed by atoms with van der Waals surface area (Å²) in [6.07, 6.45) is 54.8. The maximum absolute atomic E-state index is 12.8. The zero-order valence-electron chi connectivity index (χ0n) is 42.0. The Morgan fingerprint density at radius 2 is 0.841 bits per heavy atom. The minimum atomic E-state index is -0.875. The SMILES string of the molecule is CCCCCCCC/C=C/CCCCCCCCCC(=O)OCC(COCCC(C(=O)O)[N+](C)(C)C)OC(=O)CCCCCCCCC/C=C/C/C=C/CCCCCCCCCC. The van der Waals surface area contributed by atoms with Crippen molar-refractivity contribution in [3.05, 3.63) is 36.5 Å². The van der Waals surface area contributed by atoms with E-state index in [0.717, 1.165) is 51.4 Å². The van der Waals surface area contributed by atoms with Crippen molar-refractivity contribution < 1.29 is 38.2 Å². The number of carbonyl (C=O) groups is 3. The second-order valence-corrected chi connectivity index (χ2v) is 19.1. The standard InChI is InChI=1S/C55H101NO7/c1-6-8-10-12-14-16-18-20-22-24-25-26-27-28-30-32-34-36-38-40-42-44-46-54(58)63-51(49-61-48-47-52(55(59)60)56(3,4)5)50-62-53(57)45-43-41-39-37-35-33-31-29-23-21-19-17-15-13-11-9-7-2/h21,23-25,27-28,51-52H,6-20,22,26,29-50H2,1-5H3/p+1/b23-21+,25-24+,28-27+. The maximum atomic E-state index is 12.8. The van der Waals surface area contributed by atoms with Gasteiger partial charge in [0.05, 0.1) is 34.4 Å². The molecule has 8 nitrogen and oxygen atoms in total. The van der Waals surface area contributed by atoms with Crippen LogP contribution < -0.4 is 0 Å². The summed E-state index contributed by atoms with van der Waals surface area (Å²) in [5.74, 6) is -1.47. The van der Waals surface area contributed by atoms with E-state index in [4.69, 9.17) is 14.2 Å². The van der Waals surface area contributed by atoms with Crippen LogP contribution in [0.2, 0.25) is 0 Å². The molecule has 0 amide bonds. The number of aliphatic carboxylic acids is 1. The topological polar surface area (TPSA) is 99.1 Å². The molecule has 0 saturated carbocycles. The molecule has 0 heterocycles. The number of hydrogen-bond acceptors (Lipinski definition) is 6. The van der Waals surface area contributed by atoms with Gasteiger partial charge in [0.15, 0.2) is 12.1 Å². The number of carboxylic acids is 1. The van der Waals surface area contributed by atoms with Gasteiger partial charge in [-0.15, -0.1) is 0 Å². The van der Waals surface area contributed by atoms with Gasteiger partial charge in [-0.2, -0.15) is 0 Å². The van der Waals surface area contributed by atoms with Gasteiger partial charge in [-0.1, -0.05) is 192 Å². The van der Waals surface area contributed by atoms with Crippen LogP contribution >= 0.6 is 0 Å². The molecule has 8 heteroatoms. The third kappa shape index (κ3) is 44.5. The summed E-state index contributed by atoms with van der Waals surface area (Å²) < 4.78 is 17.4. The van der Waals surface area contributed by atoms with Crippen LogP contribution in [0.15, 0.2) is 36.5 Å². The average Bonchev–Trinajstić information content (AvgIpc) is 3.24. The normalized spacial score (nSPS) is 13.1. The average molecular weight is 889 g/mol. The number of carbonyl (C=O) groups excluding carboxylic acids is 2. The van der Waals surface area contributed by atoms with Crippen LogP contribution in [0.1, 0.15) is 245 Å². The van der Waals surface area contributed by atoms with Crippen molar-refractivity contribution >= 4 is 17.9 Å². The van der Waals surface area contributed by atoms with Gasteiger partial charge in [0.2, 0.25) is 0 Å². The Morgan fingerprint density at radius 1 is 0.476 bits per heavy atom. The molecule has 63 heavy (non-hydrogen) atoms. The molecule has 0 fully saturated rings. The number of allylic oxidation sites excluding steroid dienone is 6. The predicted molar refractivity (Wildman–Crippen MR) is 266 cm³/mol. The minimum absolute atomic E-state index is 0.0546. The van der Waals surface area contributed by atoms with Crippen molar-refractivity contribution in [2.75, 3.05) is 41.0 Å². The Kier molecular flexibility index (Phi) is 44.3. The fourth-order valence-corrected chi connectivity index (χ4v) is 7.88. The van der Waals surface area contributed by atoms with E-state index in [9.17, 15) is 19.5 Å². The molecule has 0 aliphatic heterocycles. The molecule has 0 aromatic heterocycles. The molecule has 0 bridgehead atoms. The fraction of sp³-hybridized carbons (Fsp3) is 0.836. The molecule has 0 radical (unpaired) electrons. The van der Waals surface area contributed by atoms with Crippen molar-refractivity contribution in [2.45, 2.75) is 257 Å². The van der Waals surface area contributed by atoms with Crippen LogP contribution in [0.5, 0.6) is 0 Å². The third-order valence-corrected chi connectivity index (χ3v) is 12.0. The van der Waals surface area contributed by atoms with Gasteiger partial charge < -0.3 is 23.8 Å². The number of rotatable bonds is 48. The van der Waals surface area contributed by atoms with Crippen molar-refractivity contribution in [2.24, 2.45) is 0 Å². The van der Waals surface area contributed by atoms with E-state index in [0.29, 0.717) is 19.3 Å². The molecule has 0 aromatic rings. The van der Waals surface area contributed by atoms with Crippen LogP contribution in [0.25, 0.3) is 0 Å². The fourth-order valence-electron chi connectivity index (χ4n) is 7.88. The molecule has 368 valence electrons. The Labute approximate surface area is 389 Å². The monoisotopic (exact) mass is 889 g/mol. The quantitative estimate of drug-likeness (QED) is 0.0281. The highest BCUT2D eigenvalue weighted by Crippen LogP contribution is 2.15. The summed E-state index contributed by atoms with van der Waals surface area (Å²) in [5.41, 5.74) is 0. The number of hydrogen-bond donors (Lipinski definition) is 1. The van der Waals surface area contributed by atoms with Gasteiger partial charge in [0.1, 0.15) is 6.61 Å². The highest BCUT2D eigenvalue weighted by molar-refractivity contribution is 5.72. The highest BCUT2D eigenvalue weighted by atomic mass is 16.6. The molecular formula is C55H102NO7+. The van der Waals surface area contributed by atoms with E-state index in [-0.39, 0.29) is 36.2 Å². The van der Waals surface area contributed by atoms with E-state index in [1.165, 1.54) is 161 Å². The second kappa shape index (κ2) is 46.1. The molecule has 1 N–H and O–H groups in total. The third-order valence-electron chi connectivity index (χ3n) is 12.0. The van der Waals surface area contributed by atoms with Gasteiger partial charge >= 0.3 is 17.9 Å². The summed E-state index contributed by atoms with van der Waals surface area (Å²) in [4.78, 5) is 37.2. The first-order valence-corrected chi connectivity index (χ1v) is 26.5. The largest absolute Gasteiger partial charge is 0.477 e. The van der Waals surface area contributed by atoms with E-state index >= 15 is 0 Å². The molecule has 0 aliphatic rings. The Morgan fingerprint density at radius 3 is 1.24 bits per heavy atom. The molecule has 2 unspecified atom stereocenters. The maximum Gasteiger partial charge on any atom is 0.362 e. The summed E-state index contributed by atoms with van der Waals surface area (Å²) >= 11 is 0. The highest BCUT2D eigenvalue weighted by Gasteiger charge is 2.31. The Bertz CT molecular complexity index is 1130. The lowest BCUT2D eigenvalue weighted by Gasteiger charge is -2.31. The first kappa shape index (κ1) is 60.5. The molecule has 0 aromatic carbocycles. The number of nitrogens with zero attached hydrogens (tertiary/aromatic N) is 1. The minimum Gasteiger partial charge on any atom is -0.477 e. The van der Waals surface area contributed by atoms with Crippen molar-refractivity contribution in [3.8, 4) is 0 Å². The smallest absolute Gasteiger partial charge is 0.362 e. The number of unbranched alkanes of at least 4 members (excludes halogenated alkanes) is 28. The van der Waals surface area contributed by atoms with E-state index < -0.39 is 18.1 Å². The van der Waals surface area contributed by atoms with E-state index in [2.05, 4.69) is 50.3 Å². The molecule has 2 atom stereocenters. The molecule has 0 saturated heterocycles. The van der Waals surface area contributed by atoms with Gasteiger partial charge in [0, 0.05) is 19.3 Å². The van der Waals surface area contributed by atoms with Crippen LogP contribution in [-0.4, -0.2) is 80.6 Å². The second-order valence-electron chi connectivity index (χ2n) is 19.1. The number of likely N-dealkylation sites (N-methyl/N-ethyl adjacent to an activating group) is 1. The zero-order valence-corrected chi connectivity index (χ0v) is 42.0. The first-order valence-electron chi connectivity index (χ1n) is 26.5. The summed E-state index contributed by atoms with van der Waals surface area (Å²) in [7, 11) is 5.54. The Hall–Kier alpha value is -2.45. The van der Waals surface area contributed by atoms with Crippen LogP contribution in [0.4, 0.5) is 0 Å². The number of ether oxygens (including phenoxy) is 3. The number of esters is 2. The molecular weight excluding hydrogens is 787 g/mol. The van der Waals surface area contributed by atoms with Gasteiger partial charge in [0.25, 0.3) is 0 Å². The predicted octanol–water partition coefficient (Wildman–Crippen LogP) is 15.4. The van der Waals surface area contributed by atoms with Gasteiger partial charge in [-0.3, -0.25) is 9.59 Å². The lowest BCUT2D eigenvalue weighted by atomic mass is 10.1. The zero-order chi connectivity index (χ0) is 46.3. The lowest BCUT2D eigenvalue weighted by molar-refractivity contribution is -0.887. The number of quaternary nitrogens is 1. The van der Waals surface area contributed by atoms with Crippen molar-refractivity contribution in [3.63, 3.8) is 0 Å². The van der Waals surface area contributed by atoms with E-state index in [1.807, 2.05) is 21.1 Å². The molecule has 0 rings (SSSR count). The number of carboxylic acid groups (broad SMARTS) is 1. The van der Waals surface area contributed by atoms with Gasteiger partial charge in [-0.05, 0) is 70.6 Å². The summed E-state index contributed by atoms with van der Waals surface area (Å²) in [6.45, 7) is 4.75. The van der Waals surface area contributed by atoms with Crippen LogP contribution in [0, 0.1) is 0 Å². The van der Waals surface area contributed by atoms with E-state index in [1.54, 1.807) is 0 Å². The van der Waals surface area contributed by atoms with Crippen LogP contribution in [-0.2, 0) is 28.6 Å². The summed E-state index contributed by atoms with van der Waals surface area (Å²) in [6, 6.07) is -0.617. The molecule has 0 spiro atoms. The Balaban J connectivity index is 4.24. The van der Waals surface area contributed by atoms with Crippen LogP contribution in [0.3, 0.4) is 0 Å². The van der Waals surface area contributed by atoms with Crippen molar-refractivity contribution in [1.29, 1.82) is 0 Å². The van der Waals surface area contributed by atoms with Gasteiger partial charge in [-0.25, -0.2) is 4.79 Å². The first-order chi connectivity index (χ1) is 30.6. The summed E-state index contributed by atoms with van der Waals surface area (Å²) in [5, 5.41) is 9.66. The molecule has 0 aliphatic carbocycles. The lowest BCUT2D eigenvalue weighted by Crippen LogP contribution is -2.50. The van der Waals surface area contributed by atoms with Crippen molar-refractivity contribution in [1.82, 2.24) is 0 Å².